The average molecular weight is 239 g/mol. The van der Waals surface area contributed by atoms with Crippen molar-refractivity contribution < 1.29 is 19.1 Å². The van der Waals surface area contributed by atoms with E-state index in [0.29, 0.717) is 25.3 Å². The highest BCUT2D eigenvalue weighted by atomic mass is 16.7. The number of hydrogen-bond donors (Lipinski definition) is 1. The number of rotatable bonds is 7. The first-order chi connectivity index (χ1) is 8.29. The van der Waals surface area contributed by atoms with E-state index in [2.05, 4.69) is 5.48 Å². The van der Waals surface area contributed by atoms with Gasteiger partial charge in [-0.05, 0) is 11.6 Å². The quantitative estimate of drug-likeness (QED) is 0.439. The van der Waals surface area contributed by atoms with Crippen molar-refractivity contribution in [3.63, 3.8) is 0 Å². The van der Waals surface area contributed by atoms with E-state index in [1.807, 2.05) is 12.1 Å². The highest BCUT2D eigenvalue weighted by Crippen LogP contribution is 2.09. The van der Waals surface area contributed by atoms with Crippen LogP contribution in [0.5, 0.6) is 0 Å². The van der Waals surface area contributed by atoms with Crippen LogP contribution in [0.2, 0.25) is 0 Å². The van der Waals surface area contributed by atoms with Gasteiger partial charge in [0.05, 0.1) is 25.9 Å². The third-order valence-corrected chi connectivity index (χ3v) is 2.18. The van der Waals surface area contributed by atoms with Gasteiger partial charge in [-0.2, -0.15) is 5.48 Å². The van der Waals surface area contributed by atoms with Crippen molar-refractivity contribution in [3.8, 4) is 0 Å². The molecular formula is C12H17NO4. The molecule has 0 saturated carbocycles. The van der Waals surface area contributed by atoms with Crippen molar-refractivity contribution in [1.82, 2.24) is 5.48 Å². The molecule has 1 rings (SSSR count). The average Bonchev–Trinajstić information content (AvgIpc) is 2.38. The maximum Gasteiger partial charge on any atom is 0.338 e. The molecule has 17 heavy (non-hydrogen) atoms. The van der Waals surface area contributed by atoms with Crippen LogP contribution in [0, 0.1) is 0 Å². The smallest absolute Gasteiger partial charge is 0.338 e. The molecule has 0 spiro atoms. The summed E-state index contributed by atoms with van der Waals surface area (Å²) in [5, 5.41) is 0. The first-order valence-corrected chi connectivity index (χ1v) is 5.29. The Kier molecular flexibility index (Phi) is 6.24. The van der Waals surface area contributed by atoms with Crippen LogP contribution in [0.4, 0.5) is 0 Å². The van der Waals surface area contributed by atoms with Crippen molar-refractivity contribution >= 4 is 5.97 Å². The van der Waals surface area contributed by atoms with Crippen molar-refractivity contribution in [2.45, 2.75) is 6.54 Å². The van der Waals surface area contributed by atoms with Crippen LogP contribution in [0.15, 0.2) is 24.3 Å². The topological polar surface area (TPSA) is 56.8 Å². The Labute approximate surface area is 101 Å². The zero-order valence-corrected chi connectivity index (χ0v) is 10.1. The lowest BCUT2D eigenvalue weighted by Crippen LogP contribution is -2.19. The number of nitrogens with one attached hydrogen (secondary N) is 1. The van der Waals surface area contributed by atoms with Gasteiger partial charge in [0.15, 0.2) is 0 Å². The number of methoxy groups -OCH3 is 2. The molecule has 0 aromatic heterocycles. The van der Waals surface area contributed by atoms with Gasteiger partial charge in [0.1, 0.15) is 0 Å². The fourth-order valence-corrected chi connectivity index (χ4v) is 1.31. The molecule has 1 aromatic rings. The number of hydrogen-bond acceptors (Lipinski definition) is 5. The molecule has 0 fully saturated rings. The second kappa shape index (κ2) is 7.78. The minimum atomic E-state index is -0.348. The predicted molar refractivity (Wildman–Crippen MR) is 62.4 cm³/mol. The van der Waals surface area contributed by atoms with Gasteiger partial charge in [0, 0.05) is 13.7 Å². The molecule has 5 nitrogen and oxygen atoms in total. The van der Waals surface area contributed by atoms with E-state index < -0.39 is 0 Å². The predicted octanol–water partition coefficient (Wildman–Crippen LogP) is 1.14. The van der Waals surface area contributed by atoms with Gasteiger partial charge in [0.2, 0.25) is 0 Å². The van der Waals surface area contributed by atoms with Crippen LogP contribution in [0.1, 0.15) is 15.9 Å². The van der Waals surface area contributed by atoms with Crippen LogP contribution in [-0.2, 0) is 20.9 Å². The molecule has 0 saturated heterocycles. The van der Waals surface area contributed by atoms with Crippen molar-refractivity contribution in [1.29, 1.82) is 0 Å². The summed E-state index contributed by atoms with van der Waals surface area (Å²) in [7, 11) is 2.97. The number of carbonyl (C=O) groups excluding carboxylic acids is 1. The third kappa shape index (κ3) is 4.52. The molecule has 0 aliphatic heterocycles. The molecule has 1 aromatic carbocycles. The fraction of sp³-hybridized carbons (Fsp3) is 0.417. The Morgan fingerprint density at radius 2 is 2.00 bits per heavy atom. The standard InChI is InChI=1S/C12H17NO4/c1-15-7-8-17-13-9-10-5-3-4-6-11(10)12(14)16-2/h3-6,13H,7-9H2,1-2H3. The Hall–Kier alpha value is -1.43. The number of benzene rings is 1. The molecule has 0 radical (unpaired) electrons. The van der Waals surface area contributed by atoms with Gasteiger partial charge >= 0.3 is 5.97 Å². The number of carbonyl (C=O) groups is 1. The molecule has 94 valence electrons. The highest BCUT2D eigenvalue weighted by molar-refractivity contribution is 5.90. The third-order valence-electron chi connectivity index (χ3n) is 2.18. The molecule has 1 N–H and O–H groups in total. The van der Waals surface area contributed by atoms with E-state index in [1.165, 1.54) is 7.11 Å². The minimum Gasteiger partial charge on any atom is -0.465 e. The first-order valence-electron chi connectivity index (χ1n) is 5.29. The summed E-state index contributed by atoms with van der Waals surface area (Å²) in [5.41, 5.74) is 4.14. The molecule has 0 aliphatic rings. The van der Waals surface area contributed by atoms with Crippen molar-refractivity contribution in [3.05, 3.63) is 35.4 Å². The van der Waals surface area contributed by atoms with E-state index in [4.69, 9.17) is 14.3 Å². The van der Waals surface area contributed by atoms with Gasteiger partial charge < -0.3 is 9.47 Å². The summed E-state index contributed by atoms with van der Waals surface area (Å²) in [5.74, 6) is -0.348. The van der Waals surface area contributed by atoms with E-state index in [1.54, 1.807) is 19.2 Å². The minimum absolute atomic E-state index is 0.348. The van der Waals surface area contributed by atoms with Crippen LogP contribution in [0.25, 0.3) is 0 Å². The van der Waals surface area contributed by atoms with Gasteiger partial charge in [-0.1, -0.05) is 18.2 Å². The van der Waals surface area contributed by atoms with E-state index in [9.17, 15) is 4.79 Å². The Bertz CT molecular complexity index is 354. The Balaban J connectivity index is 2.49. The molecule has 0 atom stereocenters. The van der Waals surface area contributed by atoms with Crippen LogP contribution in [-0.4, -0.2) is 33.4 Å². The molecule has 0 bridgehead atoms. The lowest BCUT2D eigenvalue weighted by Gasteiger charge is -2.09. The molecule has 0 amide bonds. The largest absolute Gasteiger partial charge is 0.465 e. The summed E-state index contributed by atoms with van der Waals surface area (Å²) in [6.45, 7) is 1.41. The zero-order valence-electron chi connectivity index (χ0n) is 10.1. The van der Waals surface area contributed by atoms with E-state index >= 15 is 0 Å². The molecule has 0 aliphatic carbocycles. The van der Waals surface area contributed by atoms with Crippen LogP contribution < -0.4 is 5.48 Å². The first kappa shape index (κ1) is 13.6. The maximum absolute atomic E-state index is 11.5. The van der Waals surface area contributed by atoms with Crippen LogP contribution in [0.3, 0.4) is 0 Å². The van der Waals surface area contributed by atoms with Crippen LogP contribution >= 0.6 is 0 Å². The molecule has 0 unspecified atom stereocenters. The zero-order chi connectivity index (χ0) is 12.5. The number of esters is 1. The Morgan fingerprint density at radius 3 is 2.71 bits per heavy atom. The van der Waals surface area contributed by atoms with Crippen molar-refractivity contribution in [2.24, 2.45) is 0 Å². The van der Waals surface area contributed by atoms with Gasteiger partial charge in [0.25, 0.3) is 0 Å². The lowest BCUT2D eigenvalue weighted by molar-refractivity contribution is 0.00329. The molecular weight excluding hydrogens is 222 g/mol. The molecule has 5 heteroatoms. The maximum atomic E-state index is 11.5. The molecule has 0 heterocycles. The normalized spacial score (nSPS) is 10.2. The number of hydroxylamine groups is 1. The summed E-state index contributed by atoms with van der Waals surface area (Å²) in [6, 6.07) is 7.22. The van der Waals surface area contributed by atoms with E-state index in [0.717, 1.165) is 5.56 Å². The van der Waals surface area contributed by atoms with Gasteiger partial charge in [-0.15, -0.1) is 0 Å². The summed E-state index contributed by atoms with van der Waals surface area (Å²) < 4.78 is 9.53. The lowest BCUT2D eigenvalue weighted by atomic mass is 10.1. The highest BCUT2D eigenvalue weighted by Gasteiger charge is 2.10. The Morgan fingerprint density at radius 1 is 1.24 bits per heavy atom. The monoisotopic (exact) mass is 239 g/mol. The second-order valence-electron chi connectivity index (χ2n) is 3.31. The van der Waals surface area contributed by atoms with Gasteiger partial charge in [-0.3, -0.25) is 4.84 Å². The van der Waals surface area contributed by atoms with Crippen molar-refractivity contribution in [2.75, 3.05) is 27.4 Å². The SMILES string of the molecule is COCCONCc1ccccc1C(=O)OC. The van der Waals surface area contributed by atoms with E-state index in [-0.39, 0.29) is 5.97 Å². The van der Waals surface area contributed by atoms with Gasteiger partial charge in [-0.25, -0.2) is 4.79 Å². The summed E-state index contributed by atoms with van der Waals surface area (Å²) in [4.78, 5) is 16.6. The summed E-state index contributed by atoms with van der Waals surface area (Å²) >= 11 is 0. The fourth-order valence-electron chi connectivity index (χ4n) is 1.31. The summed E-state index contributed by atoms with van der Waals surface area (Å²) in [6.07, 6.45) is 0. The number of ether oxygens (including phenoxy) is 2. The second-order valence-corrected chi connectivity index (χ2v) is 3.31.